The van der Waals surface area contributed by atoms with Gasteiger partial charge in [0.25, 0.3) is 0 Å². The van der Waals surface area contributed by atoms with Crippen LogP contribution >= 0.6 is 11.8 Å². The maximum Gasteiger partial charge on any atom is 0.304 e. The monoisotopic (exact) mass is 293 g/mol. The van der Waals surface area contributed by atoms with Gasteiger partial charge in [0, 0.05) is 12.6 Å². The van der Waals surface area contributed by atoms with E-state index in [1.807, 2.05) is 0 Å². The van der Waals surface area contributed by atoms with Gasteiger partial charge in [-0.1, -0.05) is 18.2 Å². The van der Waals surface area contributed by atoms with Crippen LogP contribution in [0.4, 0.5) is 10.5 Å². The average molecular weight is 293 g/mol. The summed E-state index contributed by atoms with van der Waals surface area (Å²) in [6, 6.07) is 8.65. The van der Waals surface area contributed by atoms with Gasteiger partial charge in [-0.2, -0.15) is 0 Å². The minimum atomic E-state index is -1.30. The van der Waals surface area contributed by atoms with E-state index in [4.69, 9.17) is 4.74 Å². The first-order valence-electron chi connectivity index (χ1n) is 5.96. The Labute approximate surface area is 120 Å². The Hall–Kier alpha value is -2.02. The minimum Gasteiger partial charge on any atom is -0.530 e. The predicted octanol–water partition coefficient (Wildman–Crippen LogP) is 0.871. The van der Waals surface area contributed by atoms with Gasteiger partial charge in [0.15, 0.2) is 0 Å². The average Bonchev–Trinajstić information content (AvgIpc) is 2.83. The van der Waals surface area contributed by atoms with E-state index in [0.717, 1.165) is 4.90 Å². The molecule has 0 N–H and O–H groups in total. The smallest absolute Gasteiger partial charge is 0.304 e. The van der Waals surface area contributed by atoms with Gasteiger partial charge >= 0.3 is 5.97 Å². The Morgan fingerprint density at radius 2 is 2.15 bits per heavy atom. The Balaban J connectivity index is 2.07. The summed E-state index contributed by atoms with van der Waals surface area (Å²) < 4.78 is 4.96. The molecule has 6 nitrogen and oxygen atoms in total. The van der Waals surface area contributed by atoms with E-state index in [1.54, 1.807) is 30.3 Å². The highest BCUT2D eigenvalue weighted by Crippen LogP contribution is 2.22. The highest BCUT2D eigenvalue weighted by atomic mass is 32.2. The molecule has 1 aliphatic rings. The highest BCUT2D eigenvalue weighted by molar-refractivity contribution is 8.14. The molecule has 0 saturated carbocycles. The highest BCUT2D eigenvalue weighted by Gasteiger charge is 2.22. The van der Waals surface area contributed by atoms with Crippen molar-refractivity contribution in [3.05, 3.63) is 30.3 Å². The van der Waals surface area contributed by atoms with Crippen molar-refractivity contribution in [2.24, 2.45) is 4.99 Å². The zero-order valence-electron chi connectivity index (χ0n) is 10.8. The lowest BCUT2D eigenvalue weighted by molar-refractivity contribution is -0.246. The zero-order chi connectivity index (χ0) is 14.5. The molecule has 2 rings (SSSR count). The molecule has 1 aliphatic heterocycles. The number of hydrogen-bond acceptors (Lipinski definition) is 6. The first-order valence-corrected chi connectivity index (χ1v) is 6.95. The van der Waals surface area contributed by atoms with Gasteiger partial charge in [0.05, 0.1) is 17.3 Å². The van der Waals surface area contributed by atoms with Crippen LogP contribution in [0.15, 0.2) is 35.3 Å². The van der Waals surface area contributed by atoms with Crippen LogP contribution < -0.4 is 10.0 Å². The van der Waals surface area contributed by atoms with Gasteiger partial charge in [0.2, 0.25) is 6.23 Å². The molecule has 0 aliphatic carbocycles. The Kier molecular flexibility index (Phi) is 4.62. The zero-order valence-corrected chi connectivity index (χ0v) is 11.6. The molecule has 0 fully saturated rings. The fraction of sp³-hybridized carbons (Fsp3) is 0.308. The van der Waals surface area contributed by atoms with Gasteiger partial charge in [0.1, 0.15) is 6.09 Å². The molecule has 1 aromatic carbocycles. The number of hydrogen-bond donors (Lipinski definition) is 0. The van der Waals surface area contributed by atoms with Crippen molar-refractivity contribution in [2.45, 2.75) is 13.2 Å². The largest absolute Gasteiger partial charge is 0.530 e. The van der Waals surface area contributed by atoms with Gasteiger partial charge in [-0.05, 0) is 12.1 Å². The summed E-state index contributed by atoms with van der Waals surface area (Å²) >= 11 is 1.37. The predicted molar refractivity (Wildman–Crippen MR) is 74.6 cm³/mol. The third kappa shape index (κ3) is 3.74. The van der Waals surface area contributed by atoms with Crippen molar-refractivity contribution in [3.63, 3.8) is 0 Å². The number of thioether (sulfide) groups is 1. The number of aliphatic imine (C=N–C) groups is 1. The Morgan fingerprint density at radius 3 is 2.75 bits per heavy atom. The van der Waals surface area contributed by atoms with Crippen LogP contribution in [0.2, 0.25) is 0 Å². The van der Waals surface area contributed by atoms with Crippen LogP contribution in [0.3, 0.4) is 0 Å². The number of nitrogens with zero attached hydrogens (tertiary/aromatic N) is 2. The number of carbonyl (C=O) groups is 2. The number of carboxylic acid groups (broad SMARTS) is 1. The molecule has 1 amide bonds. The lowest BCUT2D eigenvalue weighted by atomic mass is 10.3. The fourth-order valence-electron chi connectivity index (χ4n) is 1.75. The van der Waals surface area contributed by atoms with Gasteiger partial charge in [-0.3, -0.25) is 4.79 Å². The number of para-hydroxylation sites is 1. The number of ether oxygens (including phenoxy) is 1. The number of carbonyl (C=O) groups excluding carboxylic acids is 2. The lowest BCUT2D eigenvalue weighted by Gasteiger charge is -2.24. The van der Waals surface area contributed by atoms with Crippen LogP contribution in [-0.2, 0) is 9.53 Å². The van der Waals surface area contributed by atoms with Crippen molar-refractivity contribution in [3.8, 4) is 0 Å². The van der Waals surface area contributed by atoms with E-state index in [0.29, 0.717) is 16.5 Å². The molecule has 0 radical (unpaired) electrons. The number of benzene rings is 1. The molecule has 106 valence electrons. The second-order valence-electron chi connectivity index (χ2n) is 4.09. The van der Waals surface area contributed by atoms with Gasteiger partial charge < -0.3 is 19.5 Å². The van der Waals surface area contributed by atoms with E-state index < -0.39 is 18.3 Å². The Bertz CT molecular complexity index is 532. The SMILES string of the molecule is CC(=O)OC1CSC(CN(C(=O)[O-])c2ccccc2)=N1. The maximum absolute atomic E-state index is 11.2. The maximum atomic E-state index is 11.2. The van der Waals surface area contributed by atoms with E-state index >= 15 is 0 Å². The summed E-state index contributed by atoms with van der Waals surface area (Å²) in [7, 11) is 0. The molecule has 7 heteroatoms. The van der Waals surface area contributed by atoms with E-state index in [-0.39, 0.29) is 6.54 Å². The van der Waals surface area contributed by atoms with Crippen LogP contribution in [-0.4, -0.2) is 35.6 Å². The second kappa shape index (κ2) is 6.42. The van der Waals surface area contributed by atoms with Gasteiger partial charge in [-0.25, -0.2) is 4.99 Å². The number of anilines is 1. The van der Waals surface area contributed by atoms with Crippen molar-refractivity contribution in [1.29, 1.82) is 0 Å². The molecule has 20 heavy (non-hydrogen) atoms. The molecule has 0 spiro atoms. The van der Waals surface area contributed by atoms with Crippen molar-refractivity contribution >= 4 is 34.6 Å². The minimum absolute atomic E-state index is 0.0920. The lowest BCUT2D eigenvalue weighted by Crippen LogP contribution is -2.43. The number of amides is 1. The molecule has 1 atom stereocenters. The van der Waals surface area contributed by atoms with E-state index in [9.17, 15) is 14.7 Å². The van der Waals surface area contributed by atoms with Crippen molar-refractivity contribution in [1.82, 2.24) is 0 Å². The summed E-state index contributed by atoms with van der Waals surface area (Å²) in [5.41, 5.74) is 0.520. The second-order valence-corrected chi connectivity index (χ2v) is 5.18. The summed E-state index contributed by atoms with van der Waals surface area (Å²) in [6.45, 7) is 1.41. The summed E-state index contributed by atoms with van der Waals surface area (Å²) in [5, 5.41) is 11.8. The first kappa shape index (κ1) is 14.4. The summed E-state index contributed by atoms with van der Waals surface area (Å²) in [4.78, 5) is 27.3. The third-order valence-electron chi connectivity index (χ3n) is 2.56. The first-order chi connectivity index (χ1) is 9.56. The normalized spacial score (nSPS) is 17.4. The molecule has 1 aromatic rings. The molecule has 0 aromatic heterocycles. The molecule has 0 saturated heterocycles. The van der Waals surface area contributed by atoms with Crippen LogP contribution in [0.1, 0.15) is 6.92 Å². The van der Waals surface area contributed by atoms with E-state index in [2.05, 4.69) is 4.99 Å². The van der Waals surface area contributed by atoms with Gasteiger partial charge in [-0.15, -0.1) is 11.8 Å². The third-order valence-corrected chi connectivity index (χ3v) is 3.58. The topological polar surface area (TPSA) is 82.0 Å². The number of rotatable bonds is 4. The quantitative estimate of drug-likeness (QED) is 0.769. The molecule has 1 unspecified atom stereocenters. The summed E-state index contributed by atoms with van der Waals surface area (Å²) in [6.07, 6.45) is -1.83. The Morgan fingerprint density at radius 1 is 1.45 bits per heavy atom. The van der Waals surface area contributed by atoms with E-state index in [1.165, 1.54) is 18.7 Å². The fourth-order valence-corrected chi connectivity index (χ4v) is 2.64. The van der Waals surface area contributed by atoms with Crippen LogP contribution in [0.5, 0.6) is 0 Å². The molecular formula is C13H13N2O4S-. The molecular weight excluding hydrogens is 280 g/mol. The standard InChI is InChI=1S/C13H14N2O4S/c1-9(16)19-11-8-20-12(14-11)7-15(13(17)18)10-5-3-2-4-6-10/h2-6,11H,7-8H2,1H3,(H,17,18)/p-1. The van der Waals surface area contributed by atoms with Crippen molar-refractivity contribution < 1.29 is 19.4 Å². The van der Waals surface area contributed by atoms with Crippen LogP contribution in [0, 0.1) is 0 Å². The molecule has 0 bridgehead atoms. The van der Waals surface area contributed by atoms with Crippen LogP contribution in [0.25, 0.3) is 0 Å². The summed E-state index contributed by atoms with van der Waals surface area (Å²) in [5.74, 6) is 0.102. The van der Waals surface area contributed by atoms with Crippen molar-refractivity contribution in [2.75, 3.05) is 17.2 Å². The number of esters is 1. The molecule has 1 heterocycles.